The van der Waals surface area contributed by atoms with Gasteiger partial charge in [0, 0.05) is 6.42 Å². The van der Waals surface area contributed by atoms with E-state index in [0.29, 0.717) is 12.8 Å². The molecular formula is C72H139NO18. The van der Waals surface area contributed by atoms with Gasteiger partial charge in [-0.25, -0.2) is 0 Å². The molecule has 3 aliphatic rings. The van der Waals surface area contributed by atoms with Crippen molar-refractivity contribution in [1.29, 1.82) is 0 Å². The molecule has 17 atom stereocenters. The molecule has 17 unspecified atom stereocenters. The zero-order valence-corrected chi connectivity index (χ0v) is 57.4. The molecule has 19 nitrogen and oxygen atoms in total. The molecule has 1 amide bonds. The average Bonchev–Trinajstić information content (AvgIpc) is 0.871. The Morgan fingerprint density at radius 2 is 0.626 bits per heavy atom. The third-order valence-corrected chi connectivity index (χ3v) is 19.4. The van der Waals surface area contributed by atoms with Gasteiger partial charge in [0.25, 0.3) is 0 Å². The lowest BCUT2D eigenvalue weighted by atomic mass is 9.96. The van der Waals surface area contributed by atoms with Crippen molar-refractivity contribution in [2.24, 2.45) is 0 Å². The maximum atomic E-state index is 13.4. The fourth-order valence-electron chi connectivity index (χ4n) is 13.3. The van der Waals surface area contributed by atoms with E-state index in [1.54, 1.807) is 0 Å². The molecule has 0 aromatic heterocycles. The van der Waals surface area contributed by atoms with E-state index in [-0.39, 0.29) is 18.9 Å². The number of aliphatic hydroxyl groups is 11. The van der Waals surface area contributed by atoms with Crippen molar-refractivity contribution < 1.29 is 89.4 Å². The van der Waals surface area contributed by atoms with Crippen molar-refractivity contribution in [2.75, 3.05) is 26.4 Å². The summed E-state index contributed by atoms with van der Waals surface area (Å²) in [4.78, 5) is 13.4. The van der Waals surface area contributed by atoms with Crippen LogP contribution >= 0.6 is 0 Å². The highest BCUT2D eigenvalue weighted by molar-refractivity contribution is 5.76. The molecular weight excluding hydrogens is 1170 g/mol. The molecule has 0 aromatic rings. The summed E-state index contributed by atoms with van der Waals surface area (Å²) in [6.45, 7) is 1.84. The van der Waals surface area contributed by atoms with Crippen LogP contribution in [-0.4, -0.2) is 193 Å². The lowest BCUT2D eigenvalue weighted by Gasteiger charge is -2.48. The first-order valence-electron chi connectivity index (χ1n) is 37.8. The number of rotatable bonds is 60. The van der Waals surface area contributed by atoms with E-state index in [2.05, 4.69) is 19.2 Å². The molecule has 12 N–H and O–H groups in total. The molecule has 540 valence electrons. The summed E-state index contributed by atoms with van der Waals surface area (Å²) in [6, 6.07) is -0.881. The van der Waals surface area contributed by atoms with E-state index in [9.17, 15) is 61.0 Å². The molecule has 0 aromatic carbocycles. The number of aliphatic hydroxyl groups excluding tert-OH is 11. The second-order valence-corrected chi connectivity index (χ2v) is 27.5. The minimum Gasteiger partial charge on any atom is -0.394 e. The Kier molecular flexibility index (Phi) is 50.6. The normalized spacial score (nSPS) is 27.8. The Morgan fingerprint density at radius 3 is 0.956 bits per heavy atom. The molecule has 91 heavy (non-hydrogen) atoms. The topological polar surface area (TPSA) is 307 Å². The lowest BCUT2D eigenvalue weighted by molar-refractivity contribution is -0.379. The van der Waals surface area contributed by atoms with Crippen LogP contribution in [0.1, 0.15) is 322 Å². The minimum atomic E-state index is -1.97. The van der Waals surface area contributed by atoms with Gasteiger partial charge in [-0.1, -0.05) is 303 Å². The number of amides is 1. The second kappa shape index (κ2) is 54.8. The summed E-state index contributed by atoms with van der Waals surface area (Å²) in [5.74, 6) is -0.235. The smallest absolute Gasteiger partial charge is 0.220 e. The first kappa shape index (κ1) is 84.0. The van der Waals surface area contributed by atoms with Crippen LogP contribution in [0.3, 0.4) is 0 Å². The summed E-state index contributed by atoms with van der Waals surface area (Å²) in [7, 11) is 0. The van der Waals surface area contributed by atoms with Gasteiger partial charge in [0.2, 0.25) is 5.91 Å². The number of hydrogen-bond donors (Lipinski definition) is 12. The monoisotopic (exact) mass is 1310 g/mol. The molecule has 3 aliphatic heterocycles. The van der Waals surface area contributed by atoms with Crippen LogP contribution in [-0.2, 0) is 33.2 Å². The number of nitrogens with one attached hydrogen (secondary N) is 1. The largest absolute Gasteiger partial charge is 0.394 e. The van der Waals surface area contributed by atoms with Crippen molar-refractivity contribution in [1.82, 2.24) is 5.32 Å². The van der Waals surface area contributed by atoms with Gasteiger partial charge in [-0.15, -0.1) is 0 Å². The first-order chi connectivity index (χ1) is 44.3. The summed E-state index contributed by atoms with van der Waals surface area (Å²) in [6.07, 6.45) is 33.6. The number of hydrogen-bond acceptors (Lipinski definition) is 18. The predicted octanol–water partition coefficient (Wildman–Crippen LogP) is 11.1. The summed E-state index contributed by atoms with van der Waals surface area (Å²) in [5.41, 5.74) is 0. The van der Waals surface area contributed by atoms with Crippen molar-refractivity contribution in [3.05, 3.63) is 0 Å². The van der Waals surface area contributed by atoms with Gasteiger partial charge in [0.15, 0.2) is 18.9 Å². The van der Waals surface area contributed by atoms with Crippen LogP contribution < -0.4 is 5.32 Å². The van der Waals surface area contributed by atoms with Crippen molar-refractivity contribution in [3.8, 4) is 0 Å². The SMILES string of the molecule is CCCCCCCCCCCCCCCCCCCCCCCCCCCCCCCCCCCC(=O)NC(COC1OC(CO)C(OC2OC(CO)C(OC3OC(CO)C(O)C(O)C3O)C(O)C2O)C(O)C1O)C(O)CCCCCCCCCCCCCCC. The Hall–Kier alpha value is -1.21. The number of carbonyl (C=O) groups excluding carboxylic acids is 1. The molecule has 3 rings (SSSR count). The Bertz CT molecular complexity index is 1650. The summed E-state index contributed by atoms with van der Waals surface area (Å²) in [5, 5.41) is 121. The van der Waals surface area contributed by atoms with Crippen LogP contribution in [0.5, 0.6) is 0 Å². The van der Waals surface area contributed by atoms with Crippen LogP contribution in [0, 0.1) is 0 Å². The highest BCUT2D eigenvalue weighted by Gasteiger charge is 2.53. The quantitative estimate of drug-likeness (QED) is 0.0252. The van der Waals surface area contributed by atoms with Gasteiger partial charge in [0.1, 0.15) is 73.2 Å². The van der Waals surface area contributed by atoms with Crippen LogP contribution in [0.4, 0.5) is 0 Å². The van der Waals surface area contributed by atoms with Crippen molar-refractivity contribution in [2.45, 2.75) is 426 Å². The van der Waals surface area contributed by atoms with Gasteiger partial charge in [-0.05, 0) is 12.8 Å². The minimum absolute atomic E-state index is 0.235. The molecule has 0 radical (unpaired) electrons. The van der Waals surface area contributed by atoms with Crippen molar-refractivity contribution >= 4 is 5.91 Å². The summed E-state index contributed by atoms with van der Waals surface area (Å²) < 4.78 is 34.4. The van der Waals surface area contributed by atoms with Gasteiger partial charge in [-0.3, -0.25) is 4.79 Å². The zero-order valence-electron chi connectivity index (χ0n) is 57.4. The molecule has 0 aliphatic carbocycles. The van der Waals surface area contributed by atoms with Crippen molar-refractivity contribution in [3.63, 3.8) is 0 Å². The third kappa shape index (κ3) is 36.3. The third-order valence-electron chi connectivity index (χ3n) is 19.4. The van der Waals surface area contributed by atoms with Gasteiger partial charge >= 0.3 is 0 Å². The molecule has 0 saturated carbocycles. The second-order valence-electron chi connectivity index (χ2n) is 27.5. The number of unbranched alkanes of at least 4 members (excludes halogenated alkanes) is 44. The fourth-order valence-corrected chi connectivity index (χ4v) is 13.3. The first-order valence-corrected chi connectivity index (χ1v) is 37.8. The molecule has 3 fully saturated rings. The highest BCUT2D eigenvalue weighted by Crippen LogP contribution is 2.33. The van der Waals surface area contributed by atoms with Crippen LogP contribution in [0.15, 0.2) is 0 Å². The molecule has 3 heterocycles. The Labute approximate surface area is 551 Å². The molecule has 19 heteroatoms. The maximum Gasteiger partial charge on any atom is 0.220 e. The maximum absolute atomic E-state index is 13.4. The van der Waals surface area contributed by atoms with E-state index in [1.807, 2.05) is 0 Å². The lowest BCUT2D eigenvalue weighted by Crippen LogP contribution is -2.66. The molecule has 0 bridgehead atoms. The molecule has 0 spiro atoms. The Morgan fingerprint density at radius 1 is 0.352 bits per heavy atom. The Balaban J connectivity index is 1.32. The summed E-state index contributed by atoms with van der Waals surface area (Å²) >= 11 is 0. The van der Waals surface area contributed by atoms with E-state index in [1.165, 1.54) is 244 Å². The molecule has 3 saturated heterocycles. The standard InChI is InChI=1S/C72H139NO18/c1-3-5-7-9-11-13-15-17-18-19-20-21-22-23-24-25-26-27-28-29-30-31-32-33-34-35-36-38-40-42-44-46-48-50-60(78)73-55(56(77)49-47-45-43-41-39-37-16-14-12-10-8-6-4-2)54-86-70-66(84)63(81)68(58(52-75)88-70)91-72-67(85)64(82)69(59(53-76)89-72)90-71-65(83)62(80)61(79)57(51-74)87-71/h55-59,61-72,74-77,79-85H,3-54H2,1-2H3,(H,73,78). The zero-order chi connectivity index (χ0) is 66.1. The van der Waals surface area contributed by atoms with Crippen LogP contribution in [0.2, 0.25) is 0 Å². The van der Waals surface area contributed by atoms with E-state index in [4.69, 9.17) is 28.4 Å². The van der Waals surface area contributed by atoms with E-state index < -0.39 is 124 Å². The van der Waals surface area contributed by atoms with Gasteiger partial charge in [-0.2, -0.15) is 0 Å². The van der Waals surface area contributed by atoms with E-state index >= 15 is 0 Å². The van der Waals surface area contributed by atoms with Gasteiger partial charge < -0.3 is 89.9 Å². The number of ether oxygens (including phenoxy) is 6. The van der Waals surface area contributed by atoms with E-state index in [0.717, 1.165) is 44.9 Å². The average molecular weight is 1310 g/mol. The fraction of sp³-hybridized carbons (Fsp3) is 0.986. The predicted molar refractivity (Wildman–Crippen MR) is 356 cm³/mol. The highest BCUT2D eigenvalue weighted by atomic mass is 16.8. The number of carbonyl (C=O) groups is 1. The van der Waals surface area contributed by atoms with Crippen LogP contribution in [0.25, 0.3) is 0 Å². The van der Waals surface area contributed by atoms with Gasteiger partial charge in [0.05, 0.1) is 38.6 Å².